The van der Waals surface area contributed by atoms with Crippen LogP contribution in [0, 0.1) is 11.3 Å². The Morgan fingerprint density at radius 2 is 1.72 bits per heavy atom. The number of hydrogen-bond acceptors (Lipinski definition) is 4. The zero-order valence-electron chi connectivity index (χ0n) is 13.0. The van der Waals surface area contributed by atoms with Crippen molar-refractivity contribution in [3.8, 4) is 6.07 Å². The molecule has 0 aromatic heterocycles. The fraction of sp³-hybridized carbons (Fsp3) is 0.125. The van der Waals surface area contributed by atoms with Gasteiger partial charge in [-0.2, -0.15) is 9.57 Å². The molecule has 0 saturated heterocycles. The lowest BCUT2D eigenvalue weighted by Crippen LogP contribution is -2.35. The lowest BCUT2D eigenvalue weighted by molar-refractivity contribution is -0.116. The van der Waals surface area contributed by atoms with Gasteiger partial charge in [0.1, 0.15) is 0 Å². The van der Waals surface area contributed by atoms with Gasteiger partial charge in [0.25, 0.3) is 0 Å². The number of sulfonamides is 1. The molecular weight excluding hydrogens is 385 g/mol. The molecule has 0 radical (unpaired) electrons. The fourth-order valence-electron chi connectivity index (χ4n) is 1.96. The Balaban J connectivity index is 2.13. The van der Waals surface area contributed by atoms with Gasteiger partial charge in [-0.25, -0.2) is 8.42 Å². The maximum absolute atomic E-state index is 12.5. The Bertz CT molecular complexity index is 918. The predicted octanol–water partition coefficient (Wildman–Crippen LogP) is 3.12. The number of carbonyl (C=O) groups excluding carboxylic acids is 1. The molecule has 0 fully saturated rings. The van der Waals surface area contributed by atoms with Crippen LogP contribution in [0.15, 0.2) is 47.4 Å². The van der Waals surface area contributed by atoms with Crippen LogP contribution in [0.25, 0.3) is 0 Å². The topological polar surface area (TPSA) is 90.3 Å². The number of likely N-dealkylation sites (N-methyl/N-ethyl adjacent to an activating group) is 1. The van der Waals surface area contributed by atoms with Crippen molar-refractivity contribution in [1.29, 1.82) is 5.26 Å². The van der Waals surface area contributed by atoms with Crippen LogP contribution >= 0.6 is 23.2 Å². The van der Waals surface area contributed by atoms with Crippen molar-refractivity contribution in [3.05, 3.63) is 58.1 Å². The molecule has 0 aliphatic heterocycles. The number of rotatable bonds is 5. The standard InChI is InChI=1S/C16H13Cl2N3O3S/c1-21(25(23,24)12-7-5-11(9-19)6-8-12)10-15(22)20-16-13(17)3-2-4-14(16)18/h2-8H,10H2,1H3,(H,20,22). The maximum Gasteiger partial charge on any atom is 0.243 e. The molecular formula is C16H13Cl2N3O3S. The Morgan fingerprint density at radius 1 is 1.16 bits per heavy atom. The van der Waals surface area contributed by atoms with Crippen LogP contribution < -0.4 is 5.32 Å². The van der Waals surface area contributed by atoms with Gasteiger partial charge < -0.3 is 5.32 Å². The summed E-state index contributed by atoms with van der Waals surface area (Å²) < 4.78 is 25.8. The fourth-order valence-corrected chi connectivity index (χ4v) is 3.58. The van der Waals surface area contributed by atoms with Crippen LogP contribution in [0.5, 0.6) is 0 Å². The molecule has 0 heterocycles. The molecule has 0 atom stereocenters. The van der Waals surface area contributed by atoms with E-state index in [0.29, 0.717) is 5.56 Å². The van der Waals surface area contributed by atoms with E-state index in [1.165, 1.54) is 31.3 Å². The van der Waals surface area contributed by atoms with E-state index >= 15 is 0 Å². The minimum absolute atomic E-state index is 0.0161. The third-order valence-corrected chi connectivity index (χ3v) is 5.73. The SMILES string of the molecule is CN(CC(=O)Nc1c(Cl)cccc1Cl)S(=O)(=O)c1ccc(C#N)cc1. The molecule has 2 aromatic rings. The van der Waals surface area contributed by atoms with Gasteiger partial charge in [0, 0.05) is 7.05 Å². The van der Waals surface area contributed by atoms with Gasteiger partial charge >= 0.3 is 0 Å². The van der Waals surface area contributed by atoms with Gasteiger partial charge in [-0.15, -0.1) is 0 Å². The summed E-state index contributed by atoms with van der Waals surface area (Å²) in [4.78, 5) is 12.1. The number of amides is 1. The smallest absolute Gasteiger partial charge is 0.243 e. The normalized spacial score (nSPS) is 11.2. The number of halogens is 2. The maximum atomic E-state index is 12.5. The lowest BCUT2D eigenvalue weighted by Gasteiger charge is -2.17. The summed E-state index contributed by atoms with van der Waals surface area (Å²) in [5, 5.41) is 11.8. The summed E-state index contributed by atoms with van der Waals surface area (Å²) in [6, 6.07) is 12.1. The number of para-hydroxylation sites is 1. The number of hydrogen-bond donors (Lipinski definition) is 1. The summed E-state index contributed by atoms with van der Waals surface area (Å²) in [6.45, 7) is -0.427. The van der Waals surface area contributed by atoms with Crippen molar-refractivity contribution in [2.75, 3.05) is 18.9 Å². The molecule has 1 N–H and O–H groups in total. The number of nitrogens with one attached hydrogen (secondary N) is 1. The van der Waals surface area contributed by atoms with Gasteiger partial charge in [0.2, 0.25) is 15.9 Å². The Morgan fingerprint density at radius 3 is 2.24 bits per heavy atom. The van der Waals surface area contributed by atoms with Crippen LogP contribution in [0.2, 0.25) is 10.0 Å². The first kappa shape index (κ1) is 19.2. The molecule has 0 aliphatic carbocycles. The minimum Gasteiger partial charge on any atom is -0.322 e. The van der Waals surface area contributed by atoms with E-state index in [-0.39, 0.29) is 20.6 Å². The van der Waals surface area contributed by atoms with Crippen molar-refractivity contribution in [2.45, 2.75) is 4.90 Å². The highest BCUT2D eigenvalue weighted by Crippen LogP contribution is 2.29. The average molecular weight is 398 g/mol. The van der Waals surface area contributed by atoms with Gasteiger partial charge in [0.15, 0.2) is 0 Å². The summed E-state index contributed by atoms with van der Waals surface area (Å²) in [7, 11) is -2.60. The van der Waals surface area contributed by atoms with Crippen molar-refractivity contribution >= 4 is 44.8 Å². The molecule has 9 heteroatoms. The minimum atomic E-state index is -3.87. The van der Waals surface area contributed by atoms with Gasteiger partial charge in [-0.05, 0) is 36.4 Å². The van der Waals surface area contributed by atoms with Crippen molar-refractivity contribution in [1.82, 2.24) is 4.31 Å². The number of anilines is 1. The van der Waals surface area contributed by atoms with E-state index in [1.807, 2.05) is 6.07 Å². The first-order valence-electron chi connectivity index (χ1n) is 6.96. The van der Waals surface area contributed by atoms with Crippen LogP contribution in [0.4, 0.5) is 5.69 Å². The Kier molecular flexibility index (Phi) is 6.03. The van der Waals surface area contributed by atoms with Gasteiger partial charge in [0.05, 0.1) is 38.8 Å². The summed E-state index contributed by atoms with van der Waals surface area (Å²) in [5.41, 5.74) is 0.563. The van der Waals surface area contributed by atoms with E-state index in [1.54, 1.807) is 18.2 Å². The molecule has 6 nitrogen and oxygen atoms in total. The van der Waals surface area contributed by atoms with E-state index in [2.05, 4.69) is 5.32 Å². The summed E-state index contributed by atoms with van der Waals surface area (Å²) in [6.07, 6.45) is 0. The molecule has 0 aliphatic rings. The highest BCUT2D eigenvalue weighted by Gasteiger charge is 2.23. The second-order valence-corrected chi connectivity index (χ2v) is 7.90. The Hall–Kier alpha value is -2.11. The average Bonchev–Trinajstić information content (AvgIpc) is 2.58. The molecule has 1 amide bonds. The van der Waals surface area contributed by atoms with E-state index < -0.39 is 22.5 Å². The largest absolute Gasteiger partial charge is 0.322 e. The summed E-state index contributed by atoms with van der Waals surface area (Å²) in [5.74, 6) is -0.588. The van der Waals surface area contributed by atoms with Gasteiger partial charge in [-0.1, -0.05) is 29.3 Å². The van der Waals surface area contributed by atoms with E-state index in [0.717, 1.165) is 4.31 Å². The highest BCUT2D eigenvalue weighted by atomic mass is 35.5. The van der Waals surface area contributed by atoms with E-state index in [4.69, 9.17) is 28.5 Å². The van der Waals surface area contributed by atoms with Crippen LogP contribution in [0.1, 0.15) is 5.56 Å². The second kappa shape index (κ2) is 7.85. The van der Waals surface area contributed by atoms with E-state index in [9.17, 15) is 13.2 Å². The third kappa shape index (κ3) is 4.50. The molecule has 130 valence electrons. The van der Waals surface area contributed by atoms with Crippen LogP contribution in [-0.2, 0) is 14.8 Å². The molecule has 0 spiro atoms. The molecule has 0 bridgehead atoms. The second-order valence-electron chi connectivity index (χ2n) is 5.04. The summed E-state index contributed by atoms with van der Waals surface area (Å²) >= 11 is 11.9. The van der Waals surface area contributed by atoms with Crippen molar-refractivity contribution < 1.29 is 13.2 Å². The monoisotopic (exact) mass is 397 g/mol. The zero-order chi connectivity index (χ0) is 18.6. The molecule has 0 unspecified atom stereocenters. The lowest BCUT2D eigenvalue weighted by atomic mass is 10.2. The van der Waals surface area contributed by atoms with Crippen LogP contribution in [0.3, 0.4) is 0 Å². The van der Waals surface area contributed by atoms with Crippen LogP contribution in [-0.4, -0.2) is 32.2 Å². The van der Waals surface area contributed by atoms with Gasteiger partial charge in [-0.3, -0.25) is 4.79 Å². The number of carbonyl (C=O) groups is 1. The zero-order valence-corrected chi connectivity index (χ0v) is 15.4. The molecule has 25 heavy (non-hydrogen) atoms. The first-order chi connectivity index (χ1) is 11.8. The first-order valence-corrected chi connectivity index (χ1v) is 9.15. The quantitative estimate of drug-likeness (QED) is 0.838. The molecule has 0 saturated carbocycles. The number of benzene rings is 2. The van der Waals surface area contributed by atoms with Crippen molar-refractivity contribution in [2.24, 2.45) is 0 Å². The molecule has 2 aromatic carbocycles. The number of nitriles is 1. The van der Waals surface area contributed by atoms with Crippen molar-refractivity contribution in [3.63, 3.8) is 0 Å². The molecule has 2 rings (SSSR count). The predicted molar refractivity (Wildman–Crippen MR) is 96.1 cm³/mol. The highest BCUT2D eigenvalue weighted by molar-refractivity contribution is 7.89. The number of nitrogens with zero attached hydrogens (tertiary/aromatic N) is 2. The third-order valence-electron chi connectivity index (χ3n) is 3.29. The Labute approximate surface area is 155 Å².